The Balaban J connectivity index is 1.48. The van der Waals surface area contributed by atoms with Gasteiger partial charge in [-0.1, -0.05) is 36.3 Å². The van der Waals surface area contributed by atoms with Gasteiger partial charge in [-0.25, -0.2) is 19.4 Å². The molecule has 1 saturated heterocycles. The number of carboxylic acid groups (broad SMARTS) is 1. The number of halogens is 1. The molecule has 1 aliphatic rings. The molecule has 0 saturated carbocycles. The number of rotatable bonds is 8. The van der Waals surface area contributed by atoms with E-state index < -0.39 is 42.2 Å². The second-order valence-electron chi connectivity index (χ2n) is 8.61. The first-order valence-electron chi connectivity index (χ1n) is 11.2. The van der Waals surface area contributed by atoms with E-state index >= 15 is 0 Å². The second kappa shape index (κ2) is 9.91. The van der Waals surface area contributed by atoms with Crippen LogP contribution in [0.25, 0.3) is 11.0 Å². The number of anilines is 1. The number of hydrogen-bond acceptors (Lipinski definition) is 11. The molecule has 4 aromatic rings. The van der Waals surface area contributed by atoms with Gasteiger partial charge in [0, 0.05) is 11.8 Å². The molecule has 38 heavy (non-hydrogen) atoms. The van der Waals surface area contributed by atoms with E-state index in [1.807, 2.05) is 0 Å². The van der Waals surface area contributed by atoms with Crippen LogP contribution in [0, 0.1) is 12.3 Å². The van der Waals surface area contributed by atoms with Crippen molar-refractivity contribution in [1.29, 1.82) is 0 Å². The number of nitrogen functional groups attached to an aromatic ring is 1. The largest absolute Gasteiger partial charge is 0.479 e. The fourth-order valence-electron chi connectivity index (χ4n) is 4.37. The summed E-state index contributed by atoms with van der Waals surface area (Å²) in [5.41, 5.74) is 4.16. The predicted molar refractivity (Wildman–Crippen MR) is 136 cm³/mol. The lowest BCUT2D eigenvalue weighted by molar-refractivity contribution is -0.179. The Hall–Kier alpha value is -3.64. The lowest BCUT2D eigenvalue weighted by atomic mass is 9.90. The van der Waals surface area contributed by atoms with E-state index in [4.69, 9.17) is 33.2 Å². The third-order valence-corrected chi connectivity index (χ3v) is 7.17. The van der Waals surface area contributed by atoms with Gasteiger partial charge < -0.3 is 30.5 Å². The highest BCUT2D eigenvalue weighted by molar-refractivity contribution is 7.07. The Labute approximate surface area is 224 Å². The molecule has 1 aliphatic heterocycles. The van der Waals surface area contributed by atoms with Crippen molar-refractivity contribution in [3.05, 3.63) is 64.0 Å². The molecule has 14 heteroatoms. The molecule has 3 aromatic heterocycles. The molecular formula is C24H21ClN6O6S. The van der Waals surface area contributed by atoms with E-state index in [1.54, 1.807) is 35.7 Å². The number of hydrogen-bond donors (Lipinski definition) is 4. The van der Waals surface area contributed by atoms with Crippen LogP contribution in [0.1, 0.15) is 17.5 Å². The number of nitrogens with two attached hydrogens (primary N) is 1. The molecule has 5 rings (SSSR count). The molecular weight excluding hydrogens is 536 g/mol. The molecule has 5 N–H and O–H groups in total. The second-order valence-corrected chi connectivity index (χ2v) is 9.67. The van der Waals surface area contributed by atoms with Crippen molar-refractivity contribution < 1.29 is 29.6 Å². The van der Waals surface area contributed by atoms with Crippen molar-refractivity contribution in [2.24, 2.45) is 0 Å². The van der Waals surface area contributed by atoms with Crippen LogP contribution in [0.15, 0.2) is 47.4 Å². The van der Waals surface area contributed by atoms with Gasteiger partial charge in [0.25, 0.3) is 0 Å². The third kappa shape index (κ3) is 4.27. The smallest absolute Gasteiger partial charge is 0.342 e. The Morgan fingerprint density at radius 2 is 2.13 bits per heavy atom. The monoisotopic (exact) mass is 556 g/mol. The minimum atomic E-state index is -2.27. The number of fused-ring (bicyclic) bond motifs is 1. The number of nitrogens with zero attached hydrogens (tertiary/aromatic N) is 5. The molecule has 0 spiro atoms. The number of carboxylic acids is 1. The summed E-state index contributed by atoms with van der Waals surface area (Å²) in [6.07, 6.45) is 2.51. The van der Waals surface area contributed by atoms with Gasteiger partial charge >= 0.3 is 5.97 Å². The number of benzene rings is 1. The minimum Gasteiger partial charge on any atom is -0.479 e. The van der Waals surface area contributed by atoms with Crippen molar-refractivity contribution in [2.45, 2.75) is 36.1 Å². The van der Waals surface area contributed by atoms with Gasteiger partial charge in [0.2, 0.25) is 10.9 Å². The van der Waals surface area contributed by atoms with Crippen LogP contribution in [0.5, 0.6) is 0 Å². The highest BCUT2D eigenvalue weighted by Crippen LogP contribution is 2.40. The molecule has 196 valence electrons. The summed E-state index contributed by atoms with van der Waals surface area (Å²) in [5.74, 6) is 0.925. The Bertz CT molecular complexity index is 1510. The molecule has 1 unspecified atom stereocenters. The lowest BCUT2D eigenvalue weighted by Crippen LogP contribution is -2.50. The van der Waals surface area contributed by atoms with E-state index in [9.17, 15) is 20.1 Å². The van der Waals surface area contributed by atoms with Gasteiger partial charge in [0.15, 0.2) is 17.5 Å². The number of thiazole rings is 1. The fraction of sp³-hybridized carbons (Fsp3) is 0.292. The zero-order chi connectivity index (χ0) is 27.1. The Morgan fingerprint density at radius 3 is 2.79 bits per heavy atom. The summed E-state index contributed by atoms with van der Waals surface area (Å²) >= 11 is 7.15. The Kier molecular flexibility index (Phi) is 6.78. The standard InChI is InChI=1S/C24H21ClN6O6S/c1-2-23(35)16(37-20(17(23)32)31-19-14(9-28-31)18(26)29-22(25)30-19)10-36-24(21(33)34,15-11-38-12-27-15)8-13-6-4-3-5-7-13/h1,3-7,9,11-12,16-17,20,32,35H,8,10H2,(H,33,34)(H2,26,29,30)/t16-,17+,20-,23-,24?/m1/s1. The van der Waals surface area contributed by atoms with E-state index in [-0.39, 0.29) is 28.9 Å². The van der Waals surface area contributed by atoms with Crippen LogP contribution in [0.4, 0.5) is 5.82 Å². The average Bonchev–Trinajstić information content (AvgIpc) is 3.63. The van der Waals surface area contributed by atoms with Gasteiger partial charge in [0.05, 0.1) is 29.4 Å². The number of aliphatic carboxylic acids is 1. The number of aromatic nitrogens is 5. The highest BCUT2D eigenvalue weighted by Gasteiger charge is 2.57. The predicted octanol–water partition coefficient (Wildman–Crippen LogP) is 1.38. The molecule has 1 aromatic carbocycles. The van der Waals surface area contributed by atoms with E-state index in [1.165, 1.54) is 27.7 Å². The number of aliphatic hydroxyl groups is 2. The molecule has 0 radical (unpaired) electrons. The Morgan fingerprint density at radius 1 is 1.37 bits per heavy atom. The van der Waals surface area contributed by atoms with Crippen molar-refractivity contribution >= 4 is 45.8 Å². The average molecular weight is 557 g/mol. The molecule has 0 aliphatic carbocycles. The lowest BCUT2D eigenvalue weighted by Gasteiger charge is -2.32. The first-order valence-corrected chi connectivity index (χ1v) is 12.5. The maximum absolute atomic E-state index is 12.7. The van der Waals surface area contributed by atoms with Crippen molar-refractivity contribution in [3.63, 3.8) is 0 Å². The van der Waals surface area contributed by atoms with Gasteiger partial charge in [-0.05, 0) is 17.2 Å². The minimum absolute atomic E-state index is 0.0567. The quantitative estimate of drug-likeness (QED) is 0.182. The molecule has 5 atom stereocenters. The van der Waals surface area contributed by atoms with Gasteiger partial charge in [0.1, 0.15) is 18.0 Å². The summed E-state index contributed by atoms with van der Waals surface area (Å²) in [4.78, 5) is 24.8. The van der Waals surface area contributed by atoms with E-state index in [0.717, 1.165) is 0 Å². The zero-order valence-electron chi connectivity index (χ0n) is 19.5. The van der Waals surface area contributed by atoms with Crippen molar-refractivity contribution in [1.82, 2.24) is 24.7 Å². The van der Waals surface area contributed by atoms with Crippen LogP contribution >= 0.6 is 22.9 Å². The summed E-state index contributed by atoms with van der Waals surface area (Å²) in [7, 11) is 0. The highest BCUT2D eigenvalue weighted by atomic mass is 35.5. The van der Waals surface area contributed by atoms with Crippen LogP contribution in [-0.4, -0.2) is 70.4 Å². The molecule has 0 amide bonds. The van der Waals surface area contributed by atoms with Crippen LogP contribution in [0.3, 0.4) is 0 Å². The summed E-state index contributed by atoms with van der Waals surface area (Å²) in [5, 5.41) is 38.5. The molecule has 4 heterocycles. The SMILES string of the molecule is C#C[C@@]1(O)[C@@H](COC(Cc2ccccc2)(C(=O)O)c2cscn2)O[C@@H](n2ncc3c(N)nc(Cl)nc32)[C@@H]1O. The van der Waals surface area contributed by atoms with Gasteiger partial charge in [-0.2, -0.15) is 10.1 Å². The summed E-state index contributed by atoms with van der Waals surface area (Å²) < 4.78 is 13.1. The first kappa shape index (κ1) is 26.0. The summed E-state index contributed by atoms with van der Waals surface area (Å²) in [6.45, 7) is -0.512. The topological polar surface area (TPSA) is 179 Å². The summed E-state index contributed by atoms with van der Waals surface area (Å²) in [6, 6.07) is 8.88. The normalized spacial score (nSPS) is 24.7. The number of carbonyl (C=O) groups is 1. The molecule has 12 nitrogen and oxygen atoms in total. The van der Waals surface area contributed by atoms with Crippen molar-refractivity contribution in [2.75, 3.05) is 12.3 Å². The van der Waals surface area contributed by atoms with E-state index in [0.29, 0.717) is 10.9 Å². The fourth-order valence-corrected chi connectivity index (χ4v) is 5.16. The first-order chi connectivity index (χ1) is 18.2. The van der Waals surface area contributed by atoms with Crippen molar-refractivity contribution in [3.8, 4) is 12.3 Å². The van der Waals surface area contributed by atoms with Gasteiger partial charge in [-0.15, -0.1) is 17.8 Å². The van der Waals surface area contributed by atoms with Crippen LogP contribution in [0.2, 0.25) is 5.28 Å². The third-order valence-electron chi connectivity index (χ3n) is 6.41. The zero-order valence-corrected chi connectivity index (χ0v) is 21.1. The number of terminal acetylenes is 1. The number of aliphatic hydroxyl groups excluding tert-OH is 1. The maximum atomic E-state index is 12.7. The molecule has 0 bridgehead atoms. The maximum Gasteiger partial charge on any atom is 0.342 e. The number of ether oxygens (including phenoxy) is 2. The van der Waals surface area contributed by atoms with E-state index in [2.05, 4.69) is 26.0 Å². The van der Waals surface area contributed by atoms with Crippen LogP contribution < -0.4 is 5.73 Å². The van der Waals surface area contributed by atoms with Crippen LogP contribution in [-0.2, 0) is 26.3 Å². The van der Waals surface area contributed by atoms with Gasteiger partial charge in [-0.3, -0.25) is 0 Å². The molecule has 1 fully saturated rings.